The predicted molar refractivity (Wildman–Crippen MR) is 321 cm³/mol. The first-order chi connectivity index (χ1) is 36.5. The molecule has 6 nitrogen and oxygen atoms in total. The Labute approximate surface area is 462 Å². The maximum Gasteiger partial charge on any atom is 0.306 e. The van der Waals surface area contributed by atoms with E-state index in [1.807, 2.05) is 0 Å². The van der Waals surface area contributed by atoms with Gasteiger partial charge >= 0.3 is 17.9 Å². The Morgan fingerprint density at radius 3 is 0.676 bits per heavy atom. The molecule has 0 saturated carbocycles. The van der Waals surface area contributed by atoms with E-state index in [1.165, 1.54) is 270 Å². The van der Waals surface area contributed by atoms with Crippen LogP contribution in [0.1, 0.15) is 374 Å². The molecule has 0 fully saturated rings. The molecular weight excluding hydrogens is 913 g/mol. The fraction of sp³-hybridized carbons (Fsp3) is 0.897. The van der Waals surface area contributed by atoms with E-state index in [0.717, 1.165) is 64.2 Å². The molecule has 0 rings (SSSR count). The molecule has 0 aliphatic carbocycles. The Balaban J connectivity index is 4.24. The molecule has 74 heavy (non-hydrogen) atoms. The summed E-state index contributed by atoms with van der Waals surface area (Å²) in [4.78, 5) is 38.3. The first-order valence-electron chi connectivity index (χ1n) is 33.3. The molecule has 0 amide bonds. The lowest BCUT2D eigenvalue weighted by Gasteiger charge is -2.18. The van der Waals surface area contributed by atoms with Crippen LogP contribution in [-0.4, -0.2) is 37.2 Å². The monoisotopic (exact) mass is 1040 g/mol. The highest BCUT2D eigenvalue weighted by Gasteiger charge is 2.19. The summed E-state index contributed by atoms with van der Waals surface area (Å²) in [6, 6.07) is 0. The highest BCUT2D eigenvalue weighted by molar-refractivity contribution is 5.71. The minimum atomic E-state index is -0.771. The molecule has 0 radical (unpaired) electrons. The van der Waals surface area contributed by atoms with Gasteiger partial charge in [-0.2, -0.15) is 0 Å². The van der Waals surface area contributed by atoms with Gasteiger partial charge in [0.25, 0.3) is 0 Å². The van der Waals surface area contributed by atoms with Crippen molar-refractivity contribution in [1.82, 2.24) is 0 Å². The number of hydrogen-bond acceptors (Lipinski definition) is 6. The van der Waals surface area contributed by atoms with Crippen molar-refractivity contribution < 1.29 is 28.6 Å². The number of carbonyl (C=O) groups excluding carboxylic acids is 3. The van der Waals surface area contributed by atoms with E-state index in [-0.39, 0.29) is 31.1 Å². The van der Waals surface area contributed by atoms with Gasteiger partial charge in [0.1, 0.15) is 13.2 Å². The molecule has 0 N–H and O–H groups in total. The summed E-state index contributed by atoms with van der Waals surface area (Å²) < 4.78 is 17.0. The predicted octanol–water partition coefficient (Wildman–Crippen LogP) is 22.6. The van der Waals surface area contributed by atoms with Gasteiger partial charge in [-0.3, -0.25) is 14.4 Å². The molecule has 0 aromatic rings. The number of allylic oxidation sites excluding steroid dienone is 4. The summed E-state index contributed by atoms with van der Waals surface area (Å²) in [5.74, 6) is -0.849. The third-order valence-corrected chi connectivity index (χ3v) is 15.2. The van der Waals surface area contributed by atoms with Crippen molar-refractivity contribution in [3.8, 4) is 0 Å². The van der Waals surface area contributed by atoms with Gasteiger partial charge in [-0.25, -0.2) is 0 Å². The standard InChI is InChI=1S/C68H128O6/c1-4-7-10-13-16-19-22-25-28-30-31-32-33-34-35-36-37-38-41-43-46-49-52-55-58-61-67(70)73-64-65(63-72-66(69)60-57-54-51-48-45-42-39-27-24-21-18-15-12-9-6-3)74-68(71)62-59-56-53-50-47-44-40-29-26-23-20-17-14-11-8-5-2/h27,30-31,39,65H,4-26,28-29,32-38,40-64H2,1-3H3/b31-30-,39-27-. The second kappa shape index (κ2) is 63.4. The molecule has 436 valence electrons. The summed E-state index contributed by atoms with van der Waals surface area (Å²) in [6.07, 6.45) is 76.2. The Hall–Kier alpha value is -2.11. The zero-order valence-corrected chi connectivity index (χ0v) is 50.1. The van der Waals surface area contributed by atoms with E-state index in [4.69, 9.17) is 14.2 Å². The lowest BCUT2D eigenvalue weighted by molar-refractivity contribution is -0.167. The van der Waals surface area contributed by atoms with Gasteiger partial charge in [0.15, 0.2) is 6.10 Å². The van der Waals surface area contributed by atoms with Gasteiger partial charge in [-0.05, 0) is 70.6 Å². The van der Waals surface area contributed by atoms with E-state index < -0.39 is 6.10 Å². The van der Waals surface area contributed by atoms with Gasteiger partial charge < -0.3 is 14.2 Å². The molecule has 1 unspecified atom stereocenters. The molecule has 0 aliphatic rings. The van der Waals surface area contributed by atoms with Crippen molar-refractivity contribution in [3.05, 3.63) is 24.3 Å². The maximum atomic E-state index is 12.9. The van der Waals surface area contributed by atoms with E-state index in [0.29, 0.717) is 19.3 Å². The van der Waals surface area contributed by atoms with Gasteiger partial charge in [-0.1, -0.05) is 308 Å². The van der Waals surface area contributed by atoms with Crippen LogP contribution >= 0.6 is 0 Å². The van der Waals surface area contributed by atoms with E-state index in [1.54, 1.807) is 0 Å². The van der Waals surface area contributed by atoms with Crippen molar-refractivity contribution in [2.75, 3.05) is 13.2 Å². The fourth-order valence-electron chi connectivity index (χ4n) is 10.1. The first-order valence-corrected chi connectivity index (χ1v) is 33.3. The smallest absolute Gasteiger partial charge is 0.306 e. The third kappa shape index (κ3) is 60.8. The molecule has 0 aliphatic heterocycles. The number of ether oxygens (including phenoxy) is 3. The molecule has 1 atom stereocenters. The zero-order chi connectivity index (χ0) is 53.6. The number of carbonyl (C=O) groups is 3. The van der Waals surface area contributed by atoms with Crippen LogP contribution in [0.4, 0.5) is 0 Å². The average molecular weight is 1040 g/mol. The molecule has 0 bridgehead atoms. The number of unbranched alkanes of at least 4 members (excludes halogenated alkanes) is 47. The fourth-order valence-corrected chi connectivity index (χ4v) is 10.1. The van der Waals surface area contributed by atoms with Crippen LogP contribution < -0.4 is 0 Å². The van der Waals surface area contributed by atoms with E-state index in [2.05, 4.69) is 45.1 Å². The number of hydrogen-bond donors (Lipinski definition) is 0. The van der Waals surface area contributed by atoms with Crippen LogP contribution in [0.15, 0.2) is 24.3 Å². The summed E-state index contributed by atoms with van der Waals surface area (Å²) in [6.45, 7) is 6.70. The molecule has 0 heterocycles. The quantitative estimate of drug-likeness (QED) is 0.0261. The highest BCUT2D eigenvalue weighted by atomic mass is 16.6. The van der Waals surface area contributed by atoms with Crippen molar-refractivity contribution in [1.29, 1.82) is 0 Å². The van der Waals surface area contributed by atoms with Crippen LogP contribution in [-0.2, 0) is 28.6 Å². The second-order valence-electron chi connectivity index (χ2n) is 22.7. The largest absolute Gasteiger partial charge is 0.462 e. The summed E-state index contributed by atoms with van der Waals surface area (Å²) in [5, 5.41) is 0. The Morgan fingerprint density at radius 2 is 0.446 bits per heavy atom. The summed E-state index contributed by atoms with van der Waals surface area (Å²) >= 11 is 0. The Morgan fingerprint density at radius 1 is 0.257 bits per heavy atom. The van der Waals surface area contributed by atoms with Crippen LogP contribution in [0.25, 0.3) is 0 Å². The Kier molecular flexibility index (Phi) is 61.6. The maximum absolute atomic E-state index is 12.9. The average Bonchev–Trinajstić information content (AvgIpc) is 3.40. The van der Waals surface area contributed by atoms with Crippen LogP contribution in [0.3, 0.4) is 0 Å². The molecule has 0 aromatic carbocycles. The minimum Gasteiger partial charge on any atom is -0.462 e. The second-order valence-corrected chi connectivity index (χ2v) is 22.7. The number of esters is 3. The van der Waals surface area contributed by atoms with Crippen molar-refractivity contribution in [2.45, 2.75) is 380 Å². The molecular formula is C68H128O6. The summed E-state index contributed by atoms with van der Waals surface area (Å²) in [5.41, 5.74) is 0. The normalized spacial score (nSPS) is 12.1. The molecule has 6 heteroatoms. The van der Waals surface area contributed by atoms with Gasteiger partial charge in [0.05, 0.1) is 0 Å². The van der Waals surface area contributed by atoms with Crippen molar-refractivity contribution >= 4 is 17.9 Å². The van der Waals surface area contributed by atoms with Crippen LogP contribution in [0, 0.1) is 0 Å². The van der Waals surface area contributed by atoms with Gasteiger partial charge in [-0.15, -0.1) is 0 Å². The van der Waals surface area contributed by atoms with Gasteiger partial charge in [0, 0.05) is 19.3 Å². The molecule has 0 spiro atoms. The number of rotatable bonds is 62. The van der Waals surface area contributed by atoms with Crippen molar-refractivity contribution in [2.24, 2.45) is 0 Å². The van der Waals surface area contributed by atoms with Crippen molar-refractivity contribution in [3.63, 3.8) is 0 Å². The van der Waals surface area contributed by atoms with E-state index in [9.17, 15) is 14.4 Å². The minimum absolute atomic E-state index is 0.0685. The van der Waals surface area contributed by atoms with Crippen LogP contribution in [0.5, 0.6) is 0 Å². The molecule has 0 aromatic heterocycles. The lowest BCUT2D eigenvalue weighted by Crippen LogP contribution is -2.30. The third-order valence-electron chi connectivity index (χ3n) is 15.2. The SMILES string of the molecule is CCCCCCCC/C=C\CCCCCCCC(=O)OCC(COC(=O)CCCCCCCCCCCCCCC/C=C\CCCCCCCCCC)OC(=O)CCCCCCCCCCCCCCCCCC. The van der Waals surface area contributed by atoms with Crippen LogP contribution in [0.2, 0.25) is 0 Å². The zero-order valence-electron chi connectivity index (χ0n) is 50.1. The highest BCUT2D eigenvalue weighted by Crippen LogP contribution is 2.18. The van der Waals surface area contributed by atoms with E-state index >= 15 is 0 Å². The lowest BCUT2D eigenvalue weighted by atomic mass is 10.0. The first kappa shape index (κ1) is 71.9. The topological polar surface area (TPSA) is 78.9 Å². The summed E-state index contributed by atoms with van der Waals surface area (Å²) in [7, 11) is 0. The molecule has 0 saturated heterocycles. The van der Waals surface area contributed by atoms with Gasteiger partial charge in [0.2, 0.25) is 0 Å². The Bertz CT molecular complexity index is 1190.